The second kappa shape index (κ2) is 9.05. The first-order chi connectivity index (χ1) is 14.4. The van der Waals surface area contributed by atoms with Gasteiger partial charge in [-0.2, -0.15) is 13.2 Å². The summed E-state index contributed by atoms with van der Waals surface area (Å²) in [5, 5.41) is 18.7. The van der Waals surface area contributed by atoms with E-state index in [0.29, 0.717) is 6.07 Å². The fraction of sp³-hybridized carbons (Fsp3) is 0.333. The summed E-state index contributed by atoms with van der Waals surface area (Å²) in [6.45, 7) is -1.51. The van der Waals surface area contributed by atoms with E-state index in [4.69, 9.17) is 23.2 Å². The second-order valence-corrected chi connectivity index (χ2v) is 10.7. The normalized spacial score (nSPS) is 24.3. The van der Waals surface area contributed by atoms with Crippen molar-refractivity contribution in [2.75, 3.05) is 19.7 Å². The van der Waals surface area contributed by atoms with Crippen LogP contribution in [0.25, 0.3) is 0 Å². The molecule has 0 radical (unpaired) electrons. The highest BCUT2D eigenvalue weighted by Gasteiger charge is 2.50. The van der Waals surface area contributed by atoms with Gasteiger partial charge in [-0.1, -0.05) is 23.2 Å². The van der Waals surface area contributed by atoms with Gasteiger partial charge in [0.25, 0.3) is 0 Å². The van der Waals surface area contributed by atoms with Crippen LogP contribution in [0, 0.1) is 5.82 Å². The first-order valence-corrected chi connectivity index (χ1v) is 11.7. The Morgan fingerprint density at radius 1 is 1.13 bits per heavy atom. The Morgan fingerprint density at radius 2 is 1.81 bits per heavy atom. The number of halogens is 6. The summed E-state index contributed by atoms with van der Waals surface area (Å²) in [5.41, 5.74) is -2.98. The molecule has 2 aromatic carbocycles. The second-order valence-electron chi connectivity index (χ2n) is 6.84. The van der Waals surface area contributed by atoms with E-state index in [2.05, 4.69) is 0 Å². The highest BCUT2D eigenvalue weighted by atomic mass is 35.5. The molecule has 2 aromatic rings. The lowest BCUT2D eigenvalue weighted by molar-refractivity contribution is -0.137. The number of hydrogen-bond donors (Lipinski definition) is 2. The van der Waals surface area contributed by atoms with Gasteiger partial charge in [0, 0.05) is 18.0 Å². The summed E-state index contributed by atoms with van der Waals surface area (Å²) in [6.07, 6.45) is -4.63. The number of aliphatic hydroxyl groups excluding tert-OH is 1. The molecule has 13 heteroatoms. The smallest absolute Gasteiger partial charge is 0.393 e. The van der Waals surface area contributed by atoms with Crippen LogP contribution in [-0.2, 0) is 28.0 Å². The van der Waals surface area contributed by atoms with Gasteiger partial charge in [-0.15, -0.1) is 0 Å². The molecule has 31 heavy (non-hydrogen) atoms. The zero-order valence-electron chi connectivity index (χ0n) is 15.4. The molecule has 0 aromatic heterocycles. The average Bonchev–Trinajstić information content (AvgIpc) is 3.06. The predicted octanol–water partition coefficient (Wildman–Crippen LogP) is 3.39. The third-order valence-corrected chi connectivity index (χ3v) is 8.79. The molecule has 0 bridgehead atoms. The van der Waals surface area contributed by atoms with E-state index >= 15 is 0 Å². The molecular formula is C18H15Cl2F4NO4S2. The van der Waals surface area contributed by atoms with Crippen molar-refractivity contribution in [2.45, 2.75) is 26.8 Å². The number of nitrogens with zero attached hydrogens (tertiary/aromatic N) is 1. The van der Waals surface area contributed by atoms with E-state index in [1.807, 2.05) is 0 Å². The molecule has 2 unspecified atom stereocenters. The summed E-state index contributed by atoms with van der Waals surface area (Å²) < 4.78 is 79.3. The third kappa shape index (κ3) is 4.97. The van der Waals surface area contributed by atoms with Crippen molar-refractivity contribution in [3.8, 4) is 0 Å². The Balaban J connectivity index is 1.88. The van der Waals surface area contributed by atoms with Crippen LogP contribution in [-0.4, -0.2) is 53.5 Å². The van der Waals surface area contributed by atoms with Gasteiger partial charge in [0.2, 0.25) is 0 Å². The molecule has 1 saturated heterocycles. The van der Waals surface area contributed by atoms with Gasteiger partial charge in [-0.25, -0.2) is 12.9 Å². The minimum Gasteiger partial charge on any atom is -0.393 e. The summed E-state index contributed by atoms with van der Waals surface area (Å²) in [6, 6.07) is 5.73. The molecule has 0 spiro atoms. The van der Waals surface area contributed by atoms with Gasteiger partial charge >= 0.3 is 6.18 Å². The Morgan fingerprint density at radius 3 is 2.35 bits per heavy atom. The van der Waals surface area contributed by atoms with Crippen molar-refractivity contribution in [3.63, 3.8) is 0 Å². The minimum absolute atomic E-state index is 0.000954. The Kier molecular flexibility index (Phi) is 7.17. The largest absolute Gasteiger partial charge is 0.416 e. The zero-order chi connectivity index (χ0) is 23.1. The first-order valence-electron chi connectivity index (χ1n) is 8.60. The maximum Gasteiger partial charge on any atom is 0.416 e. The van der Waals surface area contributed by atoms with Crippen molar-refractivity contribution in [1.29, 1.82) is 0 Å². The van der Waals surface area contributed by atoms with Gasteiger partial charge in [0.15, 0.2) is 0 Å². The van der Waals surface area contributed by atoms with Crippen LogP contribution in [0.2, 0.25) is 10.0 Å². The van der Waals surface area contributed by atoms with E-state index in [0.717, 1.165) is 22.5 Å². The van der Waals surface area contributed by atoms with E-state index < -0.39 is 68.4 Å². The molecule has 0 saturated carbocycles. The predicted molar refractivity (Wildman–Crippen MR) is 108 cm³/mol. The fourth-order valence-corrected chi connectivity index (χ4v) is 6.61. The van der Waals surface area contributed by atoms with Crippen LogP contribution in [0.3, 0.4) is 0 Å². The number of aliphatic hydroxyl groups is 2. The van der Waals surface area contributed by atoms with Crippen LogP contribution in [0.15, 0.2) is 46.2 Å². The van der Waals surface area contributed by atoms with E-state index in [-0.39, 0.29) is 21.4 Å². The molecule has 5 nitrogen and oxygen atoms in total. The monoisotopic (exact) mass is 519 g/mol. The van der Waals surface area contributed by atoms with Crippen molar-refractivity contribution in [2.24, 2.45) is 0 Å². The first kappa shape index (κ1) is 24.6. The summed E-state index contributed by atoms with van der Waals surface area (Å²) in [4.78, 5) is -0.141. The van der Waals surface area contributed by atoms with Crippen molar-refractivity contribution in [1.82, 2.24) is 4.31 Å². The number of β-amino-alcohol motifs (C(OH)–C–C–N with tert-alkyl or cyclic N) is 1. The van der Waals surface area contributed by atoms with Gasteiger partial charge in [-0.05, 0) is 36.4 Å². The molecule has 0 amide bonds. The van der Waals surface area contributed by atoms with Crippen molar-refractivity contribution < 1.29 is 36.2 Å². The Labute approximate surface area is 189 Å². The molecule has 2 N–H and O–H groups in total. The van der Waals surface area contributed by atoms with Gasteiger partial charge in [-0.3, -0.25) is 4.21 Å². The Hall–Kier alpha value is -1.08. The third-order valence-electron chi connectivity index (χ3n) is 4.76. The van der Waals surface area contributed by atoms with E-state index in [9.17, 15) is 36.2 Å². The molecule has 4 atom stereocenters. The SMILES string of the molecule is O=S(c1ccc(Cl)c(F)c1)[C@H]1CN(S(=O)c2ccc(C(F)(F)F)cc2Cl)C[C@]1(O)CO. The Bertz CT molecular complexity index is 1060. The molecule has 170 valence electrons. The molecule has 1 fully saturated rings. The summed E-state index contributed by atoms with van der Waals surface area (Å²) in [7, 11) is -4.15. The standard InChI is InChI=1S/C18H15Cl2F4NO4S2/c19-12-3-2-11(6-14(12)21)30(28)16-7-25(8-17(16,27)9-26)31(29)15-4-1-10(5-13(15)20)18(22,23)24/h1-6,16,26-27H,7-9H2/t16-,17-,30?,31?/m0/s1. The average molecular weight is 520 g/mol. The summed E-state index contributed by atoms with van der Waals surface area (Å²) in [5.74, 6) is -0.824. The highest BCUT2D eigenvalue weighted by Crippen LogP contribution is 2.36. The number of benzene rings is 2. The molecule has 1 heterocycles. The number of alkyl halides is 3. The van der Waals surface area contributed by atoms with Crippen LogP contribution in [0.1, 0.15) is 5.56 Å². The number of rotatable bonds is 5. The zero-order valence-corrected chi connectivity index (χ0v) is 18.6. The van der Waals surface area contributed by atoms with Crippen LogP contribution in [0.4, 0.5) is 17.6 Å². The van der Waals surface area contributed by atoms with Crippen LogP contribution in [0.5, 0.6) is 0 Å². The molecule has 1 aliphatic heterocycles. The number of hydrogen-bond acceptors (Lipinski definition) is 4. The van der Waals surface area contributed by atoms with Gasteiger partial charge in [0.1, 0.15) is 22.4 Å². The highest BCUT2D eigenvalue weighted by molar-refractivity contribution is 7.86. The van der Waals surface area contributed by atoms with Gasteiger partial charge in [0.05, 0.1) is 43.2 Å². The maximum atomic E-state index is 13.8. The molecular weight excluding hydrogens is 505 g/mol. The van der Waals surface area contributed by atoms with Crippen LogP contribution < -0.4 is 0 Å². The minimum atomic E-state index is -4.63. The molecule has 3 rings (SSSR count). The maximum absolute atomic E-state index is 13.8. The topological polar surface area (TPSA) is 77.8 Å². The van der Waals surface area contributed by atoms with E-state index in [1.54, 1.807) is 0 Å². The van der Waals surface area contributed by atoms with E-state index in [1.165, 1.54) is 12.1 Å². The fourth-order valence-electron chi connectivity index (χ4n) is 3.10. The van der Waals surface area contributed by atoms with Gasteiger partial charge < -0.3 is 10.2 Å². The lowest BCUT2D eigenvalue weighted by Crippen LogP contribution is -2.47. The molecule has 0 aliphatic carbocycles. The quantitative estimate of drug-likeness (QED) is 0.593. The lowest BCUT2D eigenvalue weighted by atomic mass is 10.1. The molecule has 1 aliphatic rings. The summed E-state index contributed by atoms with van der Waals surface area (Å²) >= 11 is 11.5. The van der Waals surface area contributed by atoms with Crippen LogP contribution >= 0.6 is 23.2 Å². The van der Waals surface area contributed by atoms with Crippen molar-refractivity contribution in [3.05, 3.63) is 57.8 Å². The van der Waals surface area contributed by atoms with Crippen molar-refractivity contribution >= 4 is 45.0 Å². The lowest BCUT2D eigenvalue weighted by Gasteiger charge is -2.26.